The molecule has 0 fully saturated rings. The van der Waals surface area contributed by atoms with Crippen LogP contribution >= 0.6 is 0 Å². The van der Waals surface area contributed by atoms with Gasteiger partial charge in [-0.2, -0.15) is 4.98 Å². The highest BCUT2D eigenvalue weighted by Crippen LogP contribution is 2.27. The Morgan fingerprint density at radius 1 is 1.14 bits per heavy atom. The summed E-state index contributed by atoms with van der Waals surface area (Å²) in [5.74, 6) is 1.13. The minimum Gasteiger partial charge on any atom is -0.337 e. The Labute approximate surface area is 124 Å². The molecular weight excluding hydrogens is 262 g/mol. The predicted octanol–water partition coefficient (Wildman–Crippen LogP) is 4.08. The predicted molar refractivity (Wildman–Crippen MR) is 83.7 cm³/mol. The molecule has 0 saturated heterocycles. The van der Waals surface area contributed by atoms with E-state index in [0.717, 1.165) is 35.6 Å². The summed E-state index contributed by atoms with van der Waals surface area (Å²) in [5.41, 5.74) is 7.07. The van der Waals surface area contributed by atoms with Gasteiger partial charge in [0, 0.05) is 5.56 Å². The van der Waals surface area contributed by atoms with Crippen molar-refractivity contribution >= 4 is 10.8 Å². The molecule has 0 aliphatic heterocycles. The van der Waals surface area contributed by atoms with E-state index in [4.69, 9.17) is 10.3 Å². The van der Waals surface area contributed by atoms with Crippen LogP contribution in [0.2, 0.25) is 0 Å². The molecule has 1 aromatic heterocycles. The van der Waals surface area contributed by atoms with Gasteiger partial charge in [-0.1, -0.05) is 67.4 Å². The lowest BCUT2D eigenvalue weighted by atomic mass is 10.0. The van der Waals surface area contributed by atoms with Crippen molar-refractivity contribution in [3.05, 3.63) is 48.4 Å². The van der Waals surface area contributed by atoms with E-state index in [9.17, 15) is 0 Å². The van der Waals surface area contributed by atoms with Crippen LogP contribution < -0.4 is 5.73 Å². The molecule has 21 heavy (non-hydrogen) atoms. The van der Waals surface area contributed by atoms with Gasteiger partial charge in [0.1, 0.15) is 0 Å². The zero-order chi connectivity index (χ0) is 14.7. The average molecular weight is 281 g/mol. The number of unbranched alkanes of at least 4 members (excludes halogenated alkanes) is 1. The van der Waals surface area contributed by atoms with Crippen molar-refractivity contribution in [3.63, 3.8) is 0 Å². The summed E-state index contributed by atoms with van der Waals surface area (Å²) in [7, 11) is 0. The molecule has 0 bridgehead atoms. The lowest BCUT2D eigenvalue weighted by molar-refractivity contribution is 0.346. The number of aromatic nitrogens is 2. The summed E-state index contributed by atoms with van der Waals surface area (Å²) >= 11 is 0. The number of rotatable bonds is 5. The molecule has 0 aliphatic rings. The van der Waals surface area contributed by atoms with E-state index in [1.165, 1.54) is 0 Å². The van der Waals surface area contributed by atoms with Crippen LogP contribution in [0.5, 0.6) is 0 Å². The van der Waals surface area contributed by atoms with Gasteiger partial charge in [0.05, 0.1) is 6.04 Å². The van der Waals surface area contributed by atoms with Gasteiger partial charge in [-0.15, -0.1) is 0 Å². The number of hydrogen-bond acceptors (Lipinski definition) is 4. The lowest BCUT2D eigenvalue weighted by Crippen LogP contribution is -2.10. The fourth-order valence-electron chi connectivity index (χ4n) is 2.46. The second-order valence-electron chi connectivity index (χ2n) is 5.23. The molecule has 0 saturated carbocycles. The van der Waals surface area contributed by atoms with Crippen molar-refractivity contribution in [3.8, 4) is 11.4 Å². The van der Waals surface area contributed by atoms with Gasteiger partial charge in [0.15, 0.2) is 0 Å². The Bertz CT molecular complexity index is 730. The summed E-state index contributed by atoms with van der Waals surface area (Å²) in [5, 5.41) is 6.38. The van der Waals surface area contributed by atoms with E-state index in [-0.39, 0.29) is 6.04 Å². The Kier molecular flexibility index (Phi) is 3.97. The number of benzene rings is 2. The van der Waals surface area contributed by atoms with Gasteiger partial charge in [-0.3, -0.25) is 0 Å². The van der Waals surface area contributed by atoms with Crippen LogP contribution in [0.3, 0.4) is 0 Å². The Morgan fingerprint density at radius 2 is 1.95 bits per heavy atom. The van der Waals surface area contributed by atoms with Gasteiger partial charge in [-0.05, 0) is 17.2 Å². The average Bonchev–Trinajstić information content (AvgIpc) is 3.02. The minimum atomic E-state index is -0.179. The van der Waals surface area contributed by atoms with E-state index in [1.807, 2.05) is 24.3 Å². The van der Waals surface area contributed by atoms with Crippen LogP contribution in [0.15, 0.2) is 47.0 Å². The van der Waals surface area contributed by atoms with Crippen molar-refractivity contribution in [1.82, 2.24) is 10.1 Å². The monoisotopic (exact) mass is 281 g/mol. The van der Waals surface area contributed by atoms with Crippen LogP contribution in [0.4, 0.5) is 0 Å². The molecule has 1 atom stereocenters. The SMILES string of the molecule is CCCCC(N)c1nc(-c2cccc3ccccc23)no1. The Hall–Kier alpha value is -2.20. The van der Waals surface area contributed by atoms with Gasteiger partial charge in [0.2, 0.25) is 11.7 Å². The van der Waals surface area contributed by atoms with E-state index in [0.29, 0.717) is 11.7 Å². The highest BCUT2D eigenvalue weighted by molar-refractivity contribution is 5.94. The highest BCUT2D eigenvalue weighted by Gasteiger charge is 2.16. The fourth-order valence-corrected chi connectivity index (χ4v) is 2.46. The molecule has 1 unspecified atom stereocenters. The summed E-state index contributed by atoms with van der Waals surface area (Å²) in [6.45, 7) is 2.14. The highest BCUT2D eigenvalue weighted by atomic mass is 16.5. The molecule has 1 heterocycles. The van der Waals surface area contributed by atoms with Crippen LogP contribution in [0.25, 0.3) is 22.2 Å². The molecule has 0 spiro atoms. The molecular formula is C17H19N3O. The molecule has 4 heteroatoms. The number of nitrogens with zero attached hydrogens (tertiary/aromatic N) is 2. The normalized spacial score (nSPS) is 12.7. The molecule has 0 amide bonds. The zero-order valence-corrected chi connectivity index (χ0v) is 12.1. The number of fused-ring (bicyclic) bond motifs is 1. The molecule has 3 rings (SSSR count). The van der Waals surface area contributed by atoms with Crippen molar-refractivity contribution in [2.24, 2.45) is 5.73 Å². The van der Waals surface area contributed by atoms with Crippen molar-refractivity contribution in [1.29, 1.82) is 0 Å². The van der Waals surface area contributed by atoms with E-state index in [2.05, 4.69) is 35.3 Å². The maximum absolute atomic E-state index is 6.09. The second-order valence-corrected chi connectivity index (χ2v) is 5.23. The van der Waals surface area contributed by atoms with Gasteiger partial charge in [0.25, 0.3) is 0 Å². The topological polar surface area (TPSA) is 64.9 Å². The summed E-state index contributed by atoms with van der Waals surface area (Å²) in [4.78, 5) is 4.48. The molecule has 0 aliphatic carbocycles. The third-order valence-corrected chi connectivity index (χ3v) is 3.66. The first-order valence-electron chi connectivity index (χ1n) is 7.37. The van der Waals surface area contributed by atoms with E-state index in [1.54, 1.807) is 0 Å². The van der Waals surface area contributed by atoms with Crippen molar-refractivity contribution in [2.45, 2.75) is 32.2 Å². The molecule has 2 N–H and O–H groups in total. The summed E-state index contributed by atoms with van der Waals surface area (Å²) in [6, 6.07) is 14.1. The first-order chi connectivity index (χ1) is 10.3. The number of hydrogen-bond donors (Lipinski definition) is 1. The van der Waals surface area contributed by atoms with Crippen LogP contribution in [-0.2, 0) is 0 Å². The second kappa shape index (κ2) is 6.06. The molecule has 2 aromatic carbocycles. The third kappa shape index (κ3) is 2.81. The van der Waals surface area contributed by atoms with Gasteiger partial charge >= 0.3 is 0 Å². The van der Waals surface area contributed by atoms with Crippen LogP contribution in [-0.4, -0.2) is 10.1 Å². The first-order valence-corrected chi connectivity index (χ1v) is 7.37. The third-order valence-electron chi connectivity index (χ3n) is 3.66. The maximum atomic E-state index is 6.09. The largest absolute Gasteiger partial charge is 0.337 e. The van der Waals surface area contributed by atoms with E-state index < -0.39 is 0 Å². The maximum Gasteiger partial charge on any atom is 0.243 e. The molecule has 108 valence electrons. The quantitative estimate of drug-likeness (QED) is 0.765. The van der Waals surface area contributed by atoms with Gasteiger partial charge < -0.3 is 10.3 Å². The Balaban J connectivity index is 1.95. The minimum absolute atomic E-state index is 0.179. The van der Waals surface area contributed by atoms with Crippen molar-refractivity contribution in [2.75, 3.05) is 0 Å². The summed E-state index contributed by atoms with van der Waals surface area (Å²) < 4.78 is 5.34. The summed E-state index contributed by atoms with van der Waals surface area (Å²) in [6.07, 6.45) is 3.04. The fraction of sp³-hybridized carbons (Fsp3) is 0.294. The van der Waals surface area contributed by atoms with Gasteiger partial charge in [-0.25, -0.2) is 0 Å². The van der Waals surface area contributed by atoms with Crippen molar-refractivity contribution < 1.29 is 4.52 Å². The van der Waals surface area contributed by atoms with Crippen LogP contribution in [0.1, 0.15) is 38.1 Å². The zero-order valence-electron chi connectivity index (χ0n) is 12.1. The molecule has 4 nitrogen and oxygen atoms in total. The standard InChI is InChI=1S/C17H19N3O/c1-2-3-11-15(18)17-19-16(20-21-17)14-10-6-8-12-7-4-5-9-13(12)14/h4-10,15H,2-3,11,18H2,1H3. The lowest BCUT2D eigenvalue weighted by Gasteiger charge is -2.04. The van der Waals surface area contributed by atoms with Crippen LogP contribution in [0, 0.1) is 0 Å². The molecule has 3 aromatic rings. The van der Waals surface area contributed by atoms with E-state index >= 15 is 0 Å². The molecule has 0 radical (unpaired) electrons. The number of nitrogens with two attached hydrogens (primary N) is 1. The first kappa shape index (κ1) is 13.8. The Morgan fingerprint density at radius 3 is 2.81 bits per heavy atom. The smallest absolute Gasteiger partial charge is 0.243 e.